The molecule has 120 valence electrons. The number of cyclic esters (lactones) is 1. The van der Waals surface area contributed by atoms with Gasteiger partial charge in [0, 0.05) is 41.7 Å². The average molecular weight is 315 g/mol. The van der Waals surface area contributed by atoms with Crippen molar-refractivity contribution in [1.82, 2.24) is 9.88 Å². The van der Waals surface area contributed by atoms with Crippen LogP contribution in [0, 0.1) is 6.92 Å². The zero-order chi connectivity index (χ0) is 16.7. The highest BCUT2D eigenvalue weighted by atomic mass is 16.5. The van der Waals surface area contributed by atoms with Crippen LogP contribution in [0.25, 0.3) is 5.70 Å². The largest absolute Gasteiger partial charge is 0.459 e. The van der Waals surface area contributed by atoms with E-state index < -0.39 is 12.1 Å². The van der Waals surface area contributed by atoms with E-state index in [2.05, 4.69) is 4.98 Å². The SMILES string of the molecule is Cc1cc(N)c2c(n1)/C(=C/C1=C(C=O)COC(=O)C1O)N(C)C2. The lowest BCUT2D eigenvalue weighted by atomic mass is 9.99. The van der Waals surface area contributed by atoms with Crippen LogP contribution in [-0.4, -0.2) is 47.0 Å². The number of hydrogen-bond donors (Lipinski definition) is 2. The van der Waals surface area contributed by atoms with Gasteiger partial charge in [0.1, 0.15) is 12.9 Å². The third kappa shape index (κ3) is 2.49. The van der Waals surface area contributed by atoms with Gasteiger partial charge in [0.2, 0.25) is 0 Å². The maximum atomic E-state index is 11.6. The first kappa shape index (κ1) is 15.2. The van der Waals surface area contributed by atoms with E-state index in [9.17, 15) is 14.7 Å². The quantitative estimate of drug-likeness (QED) is 0.592. The number of rotatable bonds is 2. The third-order valence-electron chi connectivity index (χ3n) is 4.03. The second kappa shape index (κ2) is 5.51. The molecule has 0 amide bonds. The lowest BCUT2D eigenvalue weighted by molar-refractivity contribution is -0.151. The van der Waals surface area contributed by atoms with Crippen molar-refractivity contribution < 1.29 is 19.4 Å². The van der Waals surface area contributed by atoms with Crippen LogP contribution in [0.1, 0.15) is 17.0 Å². The Morgan fingerprint density at radius 2 is 2.26 bits per heavy atom. The second-order valence-electron chi connectivity index (χ2n) is 5.67. The van der Waals surface area contributed by atoms with Crippen molar-refractivity contribution in [1.29, 1.82) is 0 Å². The molecule has 2 aliphatic rings. The van der Waals surface area contributed by atoms with Gasteiger partial charge in [-0.2, -0.15) is 0 Å². The first-order valence-electron chi connectivity index (χ1n) is 7.14. The van der Waals surface area contributed by atoms with Crippen LogP contribution < -0.4 is 5.73 Å². The average Bonchev–Trinajstić information content (AvgIpc) is 2.81. The summed E-state index contributed by atoms with van der Waals surface area (Å²) in [7, 11) is 1.86. The summed E-state index contributed by atoms with van der Waals surface area (Å²) in [6.45, 7) is 2.28. The predicted octanol–water partition coefficient (Wildman–Crippen LogP) is 0.172. The van der Waals surface area contributed by atoms with Gasteiger partial charge in [-0.05, 0) is 19.1 Å². The molecule has 0 bridgehead atoms. The summed E-state index contributed by atoms with van der Waals surface area (Å²) in [6, 6.07) is 1.80. The number of anilines is 1. The second-order valence-corrected chi connectivity index (χ2v) is 5.67. The van der Waals surface area contributed by atoms with Crippen LogP contribution in [0.2, 0.25) is 0 Å². The number of fused-ring (bicyclic) bond motifs is 1. The number of aliphatic hydroxyl groups excluding tert-OH is 1. The molecule has 0 fully saturated rings. The topological polar surface area (TPSA) is 106 Å². The molecule has 3 heterocycles. The molecule has 1 atom stereocenters. The molecular formula is C16H17N3O4. The minimum absolute atomic E-state index is 0.140. The van der Waals surface area contributed by atoms with Crippen LogP contribution in [0.5, 0.6) is 0 Å². The Hall–Kier alpha value is -2.67. The molecule has 0 spiro atoms. The first-order chi connectivity index (χ1) is 10.9. The number of nitrogens with two attached hydrogens (primary N) is 1. The minimum atomic E-state index is -1.48. The van der Waals surface area contributed by atoms with Crippen LogP contribution in [0.4, 0.5) is 5.69 Å². The summed E-state index contributed by atoms with van der Waals surface area (Å²) >= 11 is 0. The molecule has 3 N–H and O–H groups in total. The van der Waals surface area contributed by atoms with Crippen LogP contribution >= 0.6 is 0 Å². The van der Waals surface area contributed by atoms with Crippen molar-refractivity contribution in [2.24, 2.45) is 0 Å². The van der Waals surface area contributed by atoms with Crippen molar-refractivity contribution >= 4 is 23.6 Å². The lowest BCUT2D eigenvalue weighted by Gasteiger charge is -2.21. The summed E-state index contributed by atoms with van der Waals surface area (Å²) in [4.78, 5) is 29.2. The van der Waals surface area contributed by atoms with Gasteiger partial charge in [-0.15, -0.1) is 0 Å². The number of aliphatic hydroxyl groups is 1. The van der Waals surface area contributed by atoms with Crippen LogP contribution in [0.15, 0.2) is 23.3 Å². The summed E-state index contributed by atoms with van der Waals surface area (Å²) in [5.74, 6) is -0.764. The van der Waals surface area contributed by atoms with Crippen LogP contribution in [-0.2, 0) is 20.9 Å². The zero-order valence-electron chi connectivity index (χ0n) is 12.9. The van der Waals surface area contributed by atoms with Gasteiger partial charge in [-0.25, -0.2) is 4.79 Å². The number of aldehydes is 1. The maximum Gasteiger partial charge on any atom is 0.340 e. The fourth-order valence-electron chi connectivity index (χ4n) is 2.82. The fraction of sp³-hybridized carbons (Fsp3) is 0.312. The van der Waals surface area contributed by atoms with Crippen molar-refractivity contribution in [3.8, 4) is 0 Å². The van der Waals surface area contributed by atoms with Gasteiger partial charge in [0.05, 0.1) is 11.4 Å². The highest BCUT2D eigenvalue weighted by molar-refractivity contribution is 5.89. The summed E-state index contributed by atoms with van der Waals surface area (Å²) in [5.41, 5.74) is 10.3. The van der Waals surface area contributed by atoms with E-state index in [1.165, 1.54) is 0 Å². The van der Waals surface area contributed by atoms with Gasteiger partial charge in [0.25, 0.3) is 0 Å². The Bertz CT molecular complexity index is 767. The van der Waals surface area contributed by atoms with Gasteiger partial charge >= 0.3 is 5.97 Å². The van der Waals surface area contributed by atoms with E-state index in [0.717, 1.165) is 11.3 Å². The molecular weight excluding hydrogens is 298 g/mol. The van der Waals surface area contributed by atoms with Gasteiger partial charge in [-0.1, -0.05) is 0 Å². The monoisotopic (exact) mass is 315 g/mol. The van der Waals surface area contributed by atoms with E-state index in [0.29, 0.717) is 29.9 Å². The van der Waals surface area contributed by atoms with Crippen molar-refractivity contribution in [2.45, 2.75) is 19.6 Å². The molecule has 1 aromatic rings. The first-order valence-corrected chi connectivity index (χ1v) is 7.14. The molecule has 0 aromatic carbocycles. The predicted molar refractivity (Wildman–Crippen MR) is 82.9 cm³/mol. The summed E-state index contributed by atoms with van der Waals surface area (Å²) < 4.78 is 4.77. The van der Waals surface area contributed by atoms with Gasteiger partial charge in [-0.3, -0.25) is 9.78 Å². The molecule has 0 saturated heterocycles. The number of carbonyl (C=O) groups is 2. The molecule has 1 aromatic heterocycles. The Balaban J connectivity index is 2.15. The molecule has 2 aliphatic heterocycles. The van der Waals surface area contributed by atoms with E-state index in [1.54, 1.807) is 12.1 Å². The third-order valence-corrected chi connectivity index (χ3v) is 4.03. The number of nitrogen functional groups attached to an aromatic ring is 1. The molecule has 3 rings (SSSR count). The fourth-order valence-corrected chi connectivity index (χ4v) is 2.82. The Labute approximate surface area is 133 Å². The number of aryl methyl sites for hydroxylation is 1. The number of ether oxygens (including phenoxy) is 1. The molecule has 0 radical (unpaired) electrons. The van der Waals surface area contributed by atoms with Crippen molar-refractivity contribution in [3.05, 3.63) is 40.2 Å². The molecule has 7 nitrogen and oxygen atoms in total. The number of hydrogen-bond acceptors (Lipinski definition) is 7. The van der Waals surface area contributed by atoms with Gasteiger partial charge < -0.3 is 20.5 Å². The van der Waals surface area contributed by atoms with Gasteiger partial charge in [0.15, 0.2) is 6.10 Å². The summed E-state index contributed by atoms with van der Waals surface area (Å²) in [5, 5.41) is 10.0. The smallest absolute Gasteiger partial charge is 0.340 e. The number of nitrogens with zero attached hydrogens (tertiary/aromatic N) is 2. The Morgan fingerprint density at radius 1 is 1.52 bits per heavy atom. The highest BCUT2D eigenvalue weighted by Crippen LogP contribution is 2.35. The molecule has 1 unspecified atom stereocenters. The molecule has 23 heavy (non-hydrogen) atoms. The number of carbonyl (C=O) groups excluding carboxylic acids is 2. The lowest BCUT2D eigenvalue weighted by Crippen LogP contribution is -2.32. The van der Waals surface area contributed by atoms with E-state index in [-0.39, 0.29) is 17.8 Å². The molecule has 0 aliphatic carbocycles. The number of pyridine rings is 1. The zero-order valence-corrected chi connectivity index (χ0v) is 12.9. The van der Waals surface area contributed by atoms with Crippen molar-refractivity contribution in [2.75, 3.05) is 19.4 Å². The van der Waals surface area contributed by atoms with Crippen LogP contribution in [0.3, 0.4) is 0 Å². The minimum Gasteiger partial charge on any atom is -0.459 e. The standard InChI is InChI=1S/C16H17N3O4/c1-8-3-12(17)11-5-19(2)13(14(11)18-8)4-10-9(6-20)7-23-16(22)15(10)21/h3-4,6,15,21H,5,7H2,1-2H3,(H2,17,18)/b13-4-. The molecule has 7 heteroatoms. The van der Waals surface area contributed by atoms with Crippen molar-refractivity contribution in [3.63, 3.8) is 0 Å². The normalized spacial score (nSPS) is 22.4. The number of esters is 1. The Morgan fingerprint density at radius 3 is 2.96 bits per heavy atom. The maximum absolute atomic E-state index is 11.6. The van der Waals surface area contributed by atoms with E-state index in [4.69, 9.17) is 10.5 Å². The van der Waals surface area contributed by atoms with E-state index in [1.807, 2.05) is 18.9 Å². The molecule has 0 saturated carbocycles. The highest BCUT2D eigenvalue weighted by Gasteiger charge is 2.31. The Kier molecular flexibility index (Phi) is 3.65. The number of aromatic nitrogens is 1. The van der Waals surface area contributed by atoms with E-state index >= 15 is 0 Å². The summed E-state index contributed by atoms with van der Waals surface area (Å²) in [6.07, 6.45) is 0.735.